The molecule has 1 aromatic heterocycles. The zero-order valence-electron chi connectivity index (χ0n) is 18.1. The summed E-state index contributed by atoms with van der Waals surface area (Å²) in [5.41, 5.74) is -0.257. The van der Waals surface area contributed by atoms with E-state index < -0.39 is 53.7 Å². The number of carbonyl (C=O) groups is 2. The third-order valence-electron chi connectivity index (χ3n) is 3.95. The van der Waals surface area contributed by atoms with Gasteiger partial charge in [0.2, 0.25) is 0 Å². The number of nitro groups is 1. The Bertz CT molecular complexity index is 986. The summed E-state index contributed by atoms with van der Waals surface area (Å²) < 4.78 is 48.0. The van der Waals surface area contributed by atoms with Crippen molar-refractivity contribution in [3.63, 3.8) is 0 Å². The van der Waals surface area contributed by atoms with Crippen molar-refractivity contribution < 1.29 is 37.2 Å². The van der Waals surface area contributed by atoms with Gasteiger partial charge < -0.3 is 24.9 Å². The van der Waals surface area contributed by atoms with Crippen molar-refractivity contribution in [3.8, 4) is 0 Å². The summed E-state index contributed by atoms with van der Waals surface area (Å²) in [6.45, 7) is 2.92. The van der Waals surface area contributed by atoms with Gasteiger partial charge in [0.1, 0.15) is 11.6 Å². The van der Waals surface area contributed by atoms with Crippen LogP contribution in [0.1, 0.15) is 31.9 Å². The number of carbonyl (C=O) groups excluding carboxylic acids is 2. The van der Waals surface area contributed by atoms with Gasteiger partial charge in [0.15, 0.2) is 6.61 Å². The van der Waals surface area contributed by atoms with E-state index in [-0.39, 0.29) is 12.1 Å². The second-order valence-corrected chi connectivity index (χ2v) is 8.04. The van der Waals surface area contributed by atoms with Gasteiger partial charge in [-0.05, 0) is 31.3 Å². The highest BCUT2D eigenvalue weighted by Gasteiger charge is 2.34. The second-order valence-electron chi connectivity index (χ2n) is 8.04. The van der Waals surface area contributed by atoms with Crippen molar-refractivity contribution >= 4 is 17.9 Å². The lowest BCUT2D eigenvalue weighted by Gasteiger charge is -2.22. The normalized spacial score (nSPS) is 12.7. The van der Waals surface area contributed by atoms with Gasteiger partial charge in [-0.15, -0.1) is 0 Å². The van der Waals surface area contributed by atoms with E-state index in [4.69, 9.17) is 4.74 Å². The molecule has 13 heteroatoms. The topological polar surface area (TPSA) is 126 Å². The first kappa shape index (κ1) is 25.6. The quantitative estimate of drug-likeness (QED) is 0.355. The predicted molar refractivity (Wildman–Crippen MR) is 108 cm³/mol. The molecule has 1 heterocycles. The minimum Gasteiger partial charge on any atom is -0.454 e. The number of ether oxygens (including phenoxy) is 2. The summed E-state index contributed by atoms with van der Waals surface area (Å²) in [6, 6.07) is 7.19. The van der Waals surface area contributed by atoms with Gasteiger partial charge in [-0.2, -0.15) is 17.9 Å². The smallest absolute Gasteiger partial charge is 0.422 e. The number of alkyl halides is 3. The van der Waals surface area contributed by atoms with E-state index in [2.05, 4.69) is 15.2 Å². The molecule has 1 aromatic carbocycles. The van der Waals surface area contributed by atoms with E-state index in [0.29, 0.717) is 0 Å². The standard InChI is InChI=1S/C20H23F3N4O6/c1-19(2,3)33-18(29)24-15(17(28)32-12-20(21,22)23)9-14-11-26(25-16(14)27(30)31)10-13-7-5-4-6-8-13/h4-8,11,15H,9-10,12H2,1-3H3,(H,24,29)/t15-/m0/s1. The third-order valence-corrected chi connectivity index (χ3v) is 3.95. The fourth-order valence-corrected chi connectivity index (χ4v) is 2.72. The molecule has 0 bridgehead atoms. The van der Waals surface area contributed by atoms with Crippen molar-refractivity contribution in [1.29, 1.82) is 0 Å². The Morgan fingerprint density at radius 1 is 1.21 bits per heavy atom. The fourth-order valence-electron chi connectivity index (χ4n) is 2.72. The average Bonchev–Trinajstić information content (AvgIpc) is 3.07. The first-order chi connectivity index (χ1) is 15.2. The number of nitrogens with zero attached hydrogens (tertiary/aromatic N) is 3. The molecule has 0 fully saturated rings. The molecular weight excluding hydrogens is 449 g/mol. The summed E-state index contributed by atoms with van der Waals surface area (Å²) in [5, 5.41) is 17.5. The zero-order chi connectivity index (χ0) is 24.8. The van der Waals surface area contributed by atoms with E-state index in [1.54, 1.807) is 51.1 Å². The van der Waals surface area contributed by atoms with E-state index in [1.807, 2.05) is 0 Å². The maximum atomic E-state index is 12.5. The van der Waals surface area contributed by atoms with Crippen LogP contribution in [0, 0.1) is 10.1 Å². The monoisotopic (exact) mass is 472 g/mol. The number of rotatable bonds is 8. The van der Waals surface area contributed by atoms with Crippen LogP contribution in [0.5, 0.6) is 0 Å². The molecule has 1 amide bonds. The number of hydrogen-bond donors (Lipinski definition) is 1. The Labute approximate surface area is 186 Å². The SMILES string of the molecule is CC(C)(C)OC(=O)N[C@@H](Cc1cn(Cc2ccccc2)nc1[N+](=O)[O-])C(=O)OCC(F)(F)F. The molecule has 0 radical (unpaired) electrons. The van der Waals surface area contributed by atoms with Crippen molar-refractivity contribution in [1.82, 2.24) is 15.1 Å². The molecular formula is C20H23F3N4O6. The van der Waals surface area contributed by atoms with Crippen molar-refractivity contribution in [2.24, 2.45) is 0 Å². The van der Waals surface area contributed by atoms with Crippen LogP contribution in [0.4, 0.5) is 23.8 Å². The van der Waals surface area contributed by atoms with Crippen LogP contribution < -0.4 is 5.32 Å². The maximum absolute atomic E-state index is 12.5. The van der Waals surface area contributed by atoms with E-state index in [0.717, 1.165) is 5.56 Å². The maximum Gasteiger partial charge on any atom is 0.422 e. The summed E-state index contributed by atoms with van der Waals surface area (Å²) in [7, 11) is 0. The number of nitrogens with one attached hydrogen (secondary N) is 1. The predicted octanol–water partition coefficient (Wildman–Crippen LogP) is 3.38. The molecule has 1 atom stereocenters. The number of alkyl carbamates (subject to hydrolysis) is 1. The molecule has 33 heavy (non-hydrogen) atoms. The van der Waals surface area contributed by atoms with Crippen LogP contribution >= 0.6 is 0 Å². The molecule has 180 valence electrons. The molecule has 10 nitrogen and oxygen atoms in total. The number of benzene rings is 1. The molecule has 2 aromatic rings. The number of esters is 1. The molecule has 0 saturated carbocycles. The summed E-state index contributed by atoms with van der Waals surface area (Å²) in [5.74, 6) is -2.03. The zero-order valence-corrected chi connectivity index (χ0v) is 18.1. The second kappa shape index (κ2) is 10.3. The van der Waals surface area contributed by atoms with Gasteiger partial charge in [-0.3, -0.25) is 0 Å². The number of halogens is 3. The third kappa shape index (κ3) is 8.79. The highest BCUT2D eigenvalue weighted by Crippen LogP contribution is 2.21. The van der Waals surface area contributed by atoms with Gasteiger partial charge in [-0.1, -0.05) is 30.3 Å². The van der Waals surface area contributed by atoms with E-state index >= 15 is 0 Å². The Hall–Kier alpha value is -3.64. The van der Waals surface area contributed by atoms with Crippen LogP contribution in [0.15, 0.2) is 36.5 Å². The lowest BCUT2D eigenvalue weighted by atomic mass is 10.1. The van der Waals surface area contributed by atoms with Crippen LogP contribution in [0.2, 0.25) is 0 Å². The molecule has 0 unspecified atom stereocenters. The highest BCUT2D eigenvalue weighted by atomic mass is 19.4. The molecule has 2 rings (SSSR count). The molecule has 0 saturated heterocycles. The summed E-state index contributed by atoms with van der Waals surface area (Å²) in [4.78, 5) is 35.1. The van der Waals surface area contributed by atoms with Crippen LogP contribution in [0.25, 0.3) is 0 Å². The van der Waals surface area contributed by atoms with Gasteiger partial charge >= 0.3 is 24.1 Å². The number of amides is 1. The van der Waals surface area contributed by atoms with Crippen molar-refractivity contribution in [2.75, 3.05) is 6.61 Å². The largest absolute Gasteiger partial charge is 0.454 e. The first-order valence-electron chi connectivity index (χ1n) is 9.71. The number of hydrogen-bond acceptors (Lipinski definition) is 7. The van der Waals surface area contributed by atoms with Gasteiger partial charge in [0.05, 0.1) is 23.4 Å². The lowest BCUT2D eigenvalue weighted by molar-refractivity contribution is -0.390. The summed E-state index contributed by atoms with van der Waals surface area (Å²) in [6.07, 6.45) is -5.15. The van der Waals surface area contributed by atoms with Gasteiger partial charge in [0.25, 0.3) is 0 Å². The van der Waals surface area contributed by atoms with Crippen molar-refractivity contribution in [3.05, 3.63) is 57.8 Å². The van der Waals surface area contributed by atoms with Crippen LogP contribution in [-0.4, -0.2) is 51.2 Å². The minimum absolute atomic E-state index is 0.0825. The lowest BCUT2D eigenvalue weighted by Crippen LogP contribution is -2.46. The molecule has 1 N–H and O–H groups in total. The molecule has 0 aliphatic carbocycles. The Morgan fingerprint density at radius 2 is 1.85 bits per heavy atom. The molecule has 0 aliphatic heterocycles. The molecule has 0 spiro atoms. The first-order valence-corrected chi connectivity index (χ1v) is 9.71. The minimum atomic E-state index is -4.79. The van der Waals surface area contributed by atoms with Gasteiger partial charge in [-0.25, -0.2) is 9.59 Å². The molecule has 0 aliphatic rings. The van der Waals surface area contributed by atoms with E-state index in [9.17, 15) is 32.9 Å². The van der Waals surface area contributed by atoms with E-state index in [1.165, 1.54) is 10.9 Å². The Kier molecular flexibility index (Phi) is 8.01. The highest BCUT2D eigenvalue weighted by molar-refractivity contribution is 5.82. The van der Waals surface area contributed by atoms with Gasteiger partial charge in [0, 0.05) is 6.42 Å². The van der Waals surface area contributed by atoms with Crippen molar-refractivity contribution in [2.45, 2.75) is 51.6 Å². The average molecular weight is 472 g/mol. The van der Waals surface area contributed by atoms with Crippen LogP contribution in [-0.2, 0) is 27.2 Å². The fraction of sp³-hybridized carbons (Fsp3) is 0.450. The Morgan fingerprint density at radius 3 is 2.39 bits per heavy atom. The van der Waals surface area contributed by atoms with Crippen LogP contribution in [0.3, 0.4) is 0 Å². The summed E-state index contributed by atoms with van der Waals surface area (Å²) >= 11 is 0. The Balaban J connectivity index is 2.27. The number of aromatic nitrogens is 2.